The highest BCUT2D eigenvalue weighted by Gasteiger charge is 1.91. The van der Waals surface area contributed by atoms with Crippen LogP contribution in [-0.2, 0) is 0 Å². The maximum absolute atomic E-state index is 5.71. The van der Waals surface area contributed by atoms with E-state index >= 15 is 0 Å². The van der Waals surface area contributed by atoms with Crippen molar-refractivity contribution in [1.82, 2.24) is 0 Å². The lowest BCUT2D eigenvalue weighted by atomic mass is 10.1. The number of halogens is 1. The van der Waals surface area contributed by atoms with Gasteiger partial charge in [0.05, 0.1) is 0 Å². The van der Waals surface area contributed by atoms with Gasteiger partial charge in [0, 0.05) is 5.88 Å². The fourth-order valence-electron chi connectivity index (χ4n) is 0.893. The molecule has 0 amide bonds. The first-order valence-corrected chi connectivity index (χ1v) is 4.62. The maximum atomic E-state index is 5.71. The van der Waals surface area contributed by atoms with Crippen LogP contribution in [-0.4, -0.2) is 5.88 Å². The molecule has 60 valence electrons. The molecule has 0 spiro atoms. The monoisotopic (exact) mass is 160 g/mol. The topological polar surface area (TPSA) is 0 Å². The lowest BCUT2D eigenvalue weighted by Crippen LogP contribution is -1.83. The molecule has 0 aliphatic carbocycles. The molecule has 0 aliphatic rings. The van der Waals surface area contributed by atoms with Crippen LogP contribution < -0.4 is 0 Å². The first kappa shape index (κ1) is 10.0. The third-order valence-corrected chi connectivity index (χ3v) is 1.81. The second-order valence-corrected chi connectivity index (χ2v) is 2.80. The predicted octanol–water partition coefficient (Wildman–Crippen LogP) is 3.75. The van der Waals surface area contributed by atoms with Gasteiger partial charge < -0.3 is 0 Å². The average Bonchev–Trinajstić information content (AvgIpc) is 1.98. The minimum absolute atomic E-state index is 0.716. The Morgan fingerprint density at radius 1 is 1.30 bits per heavy atom. The molecule has 0 bridgehead atoms. The molecule has 0 heterocycles. The van der Waals surface area contributed by atoms with Crippen molar-refractivity contribution >= 4 is 11.6 Å². The third kappa shape index (κ3) is 4.87. The van der Waals surface area contributed by atoms with Gasteiger partial charge in [-0.1, -0.05) is 38.3 Å². The summed E-state index contributed by atoms with van der Waals surface area (Å²) in [6, 6.07) is 0. The zero-order valence-corrected chi connectivity index (χ0v) is 7.75. The highest BCUT2D eigenvalue weighted by molar-refractivity contribution is 6.19. The summed E-state index contributed by atoms with van der Waals surface area (Å²) >= 11 is 5.71. The van der Waals surface area contributed by atoms with Crippen molar-refractivity contribution in [1.29, 1.82) is 0 Å². The zero-order chi connectivity index (χ0) is 7.82. The van der Waals surface area contributed by atoms with Gasteiger partial charge in [0.2, 0.25) is 0 Å². The van der Waals surface area contributed by atoms with E-state index in [1.165, 1.54) is 31.3 Å². The Kier molecular flexibility index (Phi) is 7.16. The van der Waals surface area contributed by atoms with E-state index in [1.54, 1.807) is 0 Å². The SMILES string of the molecule is CCCC=C(CCl)CCC. The van der Waals surface area contributed by atoms with Crippen molar-refractivity contribution in [3.8, 4) is 0 Å². The van der Waals surface area contributed by atoms with Gasteiger partial charge in [-0.15, -0.1) is 11.6 Å². The minimum atomic E-state index is 0.716. The van der Waals surface area contributed by atoms with Gasteiger partial charge in [0.1, 0.15) is 0 Å². The standard InChI is InChI=1S/C9H17Cl/c1-3-5-7-9(8-10)6-4-2/h7H,3-6,8H2,1-2H3. The van der Waals surface area contributed by atoms with Crippen LogP contribution in [0.25, 0.3) is 0 Å². The predicted molar refractivity (Wildman–Crippen MR) is 48.6 cm³/mol. The van der Waals surface area contributed by atoms with E-state index in [0.717, 1.165) is 0 Å². The Labute approximate surface area is 69.3 Å². The number of allylic oxidation sites excluding steroid dienone is 2. The average molecular weight is 161 g/mol. The smallest absolute Gasteiger partial charge is 0.0433 e. The molecule has 0 nitrogen and oxygen atoms in total. The summed E-state index contributed by atoms with van der Waals surface area (Å²) in [5.74, 6) is 0.716. The van der Waals surface area contributed by atoms with E-state index in [1.807, 2.05) is 0 Å². The molecule has 0 atom stereocenters. The molecule has 0 aliphatic heterocycles. The Hall–Kier alpha value is 0.0300. The first-order valence-electron chi connectivity index (χ1n) is 4.09. The Bertz CT molecular complexity index is 94.9. The molecular weight excluding hydrogens is 144 g/mol. The molecule has 0 fully saturated rings. The van der Waals surface area contributed by atoms with E-state index in [2.05, 4.69) is 19.9 Å². The number of rotatable bonds is 5. The molecule has 0 unspecified atom stereocenters. The van der Waals surface area contributed by atoms with Crippen molar-refractivity contribution in [2.45, 2.75) is 39.5 Å². The normalized spacial score (nSPS) is 12.1. The molecule has 1 heteroatoms. The van der Waals surface area contributed by atoms with Crippen molar-refractivity contribution in [2.75, 3.05) is 5.88 Å². The van der Waals surface area contributed by atoms with Crippen LogP contribution >= 0.6 is 11.6 Å². The minimum Gasteiger partial charge on any atom is -0.122 e. The summed E-state index contributed by atoms with van der Waals surface area (Å²) in [6.07, 6.45) is 7.06. The molecule has 0 N–H and O–H groups in total. The quantitative estimate of drug-likeness (QED) is 0.425. The molecule has 0 saturated carbocycles. The number of unbranched alkanes of at least 4 members (excludes halogenated alkanes) is 1. The van der Waals surface area contributed by atoms with Crippen LogP contribution in [0.4, 0.5) is 0 Å². The Morgan fingerprint density at radius 3 is 2.40 bits per heavy atom. The number of alkyl halides is 1. The number of hydrogen-bond acceptors (Lipinski definition) is 0. The highest BCUT2D eigenvalue weighted by Crippen LogP contribution is 2.08. The molecule has 10 heavy (non-hydrogen) atoms. The van der Waals surface area contributed by atoms with Gasteiger partial charge >= 0.3 is 0 Å². The van der Waals surface area contributed by atoms with Gasteiger partial charge in [-0.25, -0.2) is 0 Å². The summed E-state index contributed by atoms with van der Waals surface area (Å²) in [4.78, 5) is 0. The third-order valence-electron chi connectivity index (χ3n) is 1.46. The summed E-state index contributed by atoms with van der Waals surface area (Å²) < 4.78 is 0. The largest absolute Gasteiger partial charge is 0.122 e. The second kappa shape index (κ2) is 7.14. The van der Waals surface area contributed by atoms with Crippen molar-refractivity contribution in [2.24, 2.45) is 0 Å². The fraction of sp³-hybridized carbons (Fsp3) is 0.778. The van der Waals surface area contributed by atoms with Crippen LogP contribution in [0.1, 0.15) is 39.5 Å². The van der Waals surface area contributed by atoms with Gasteiger partial charge in [-0.2, -0.15) is 0 Å². The van der Waals surface area contributed by atoms with Crippen molar-refractivity contribution in [3.05, 3.63) is 11.6 Å². The van der Waals surface area contributed by atoms with Crippen LogP contribution in [0, 0.1) is 0 Å². The summed E-state index contributed by atoms with van der Waals surface area (Å²) in [6.45, 7) is 4.38. The summed E-state index contributed by atoms with van der Waals surface area (Å²) in [7, 11) is 0. The van der Waals surface area contributed by atoms with Gasteiger partial charge in [-0.3, -0.25) is 0 Å². The second-order valence-electron chi connectivity index (χ2n) is 2.53. The van der Waals surface area contributed by atoms with E-state index in [0.29, 0.717) is 5.88 Å². The lowest BCUT2D eigenvalue weighted by molar-refractivity contribution is 0.878. The van der Waals surface area contributed by atoms with Crippen LogP contribution in [0.15, 0.2) is 11.6 Å². The summed E-state index contributed by atoms with van der Waals surface area (Å²) in [5, 5.41) is 0. The molecule has 0 radical (unpaired) electrons. The molecule has 0 rings (SSSR count). The molecular formula is C9H17Cl. The molecule has 0 aromatic rings. The zero-order valence-electron chi connectivity index (χ0n) is 6.99. The van der Waals surface area contributed by atoms with E-state index in [-0.39, 0.29) is 0 Å². The first-order chi connectivity index (χ1) is 4.85. The van der Waals surface area contributed by atoms with Crippen LogP contribution in [0.5, 0.6) is 0 Å². The van der Waals surface area contributed by atoms with Gasteiger partial charge in [0.15, 0.2) is 0 Å². The van der Waals surface area contributed by atoms with Crippen LogP contribution in [0.3, 0.4) is 0 Å². The van der Waals surface area contributed by atoms with Gasteiger partial charge in [0.25, 0.3) is 0 Å². The van der Waals surface area contributed by atoms with Gasteiger partial charge in [-0.05, 0) is 12.8 Å². The Balaban J connectivity index is 3.55. The van der Waals surface area contributed by atoms with E-state index < -0.39 is 0 Å². The number of hydrogen-bond donors (Lipinski definition) is 0. The molecule has 0 aromatic carbocycles. The summed E-state index contributed by atoms with van der Waals surface area (Å²) in [5.41, 5.74) is 1.41. The molecule has 0 saturated heterocycles. The highest BCUT2D eigenvalue weighted by atomic mass is 35.5. The fourth-order valence-corrected chi connectivity index (χ4v) is 1.14. The molecule has 0 aromatic heterocycles. The van der Waals surface area contributed by atoms with Crippen molar-refractivity contribution in [3.63, 3.8) is 0 Å². The Morgan fingerprint density at radius 2 is 2.00 bits per heavy atom. The van der Waals surface area contributed by atoms with Crippen molar-refractivity contribution < 1.29 is 0 Å². The van der Waals surface area contributed by atoms with E-state index in [9.17, 15) is 0 Å². The lowest BCUT2D eigenvalue weighted by Gasteiger charge is -1.99. The maximum Gasteiger partial charge on any atom is 0.0433 e. The van der Waals surface area contributed by atoms with Crippen LogP contribution in [0.2, 0.25) is 0 Å². The van der Waals surface area contributed by atoms with E-state index in [4.69, 9.17) is 11.6 Å².